The third kappa shape index (κ3) is 6.12. The van der Waals surface area contributed by atoms with E-state index < -0.39 is 0 Å². The lowest BCUT2D eigenvalue weighted by Crippen LogP contribution is -2.10. The van der Waals surface area contributed by atoms with Crippen LogP contribution >= 0.6 is 0 Å². The molecule has 0 fully saturated rings. The largest absolute Gasteiger partial charge is 0.455 e. The van der Waals surface area contributed by atoms with Crippen molar-refractivity contribution in [3.63, 3.8) is 0 Å². The maximum absolute atomic E-state index is 6.51. The number of anilines is 3. The minimum Gasteiger partial charge on any atom is -0.455 e. The van der Waals surface area contributed by atoms with E-state index in [1.165, 1.54) is 54.6 Å². The molecule has 0 aliphatic heterocycles. The Labute approximate surface area is 360 Å². The van der Waals surface area contributed by atoms with Crippen molar-refractivity contribution in [3.05, 3.63) is 237 Å². The van der Waals surface area contributed by atoms with Gasteiger partial charge in [0, 0.05) is 33.1 Å². The van der Waals surface area contributed by atoms with Gasteiger partial charge in [-0.15, -0.1) is 0 Å². The van der Waals surface area contributed by atoms with Crippen molar-refractivity contribution in [2.75, 3.05) is 4.90 Å². The number of nitrogens with zero attached hydrogens (tertiary/aromatic N) is 1. The summed E-state index contributed by atoms with van der Waals surface area (Å²) in [5, 5.41) is 9.70. The number of para-hydroxylation sites is 1. The van der Waals surface area contributed by atoms with Gasteiger partial charge in [0.05, 0.1) is 5.69 Å². The predicted octanol–water partition coefficient (Wildman–Crippen LogP) is 17.2. The lowest BCUT2D eigenvalue weighted by molar-refractivity contribution is 0.670. The summed E-state index contributed by atoms with van der Waals surface area (Å²) in [6.45, 7) is 0. The average Bonchev–Trinajstić information content (AvgIpc) is 3.73. The summed E-state index contributed by atoms with van der Waals surface area (Å²) in [5.74, 6) is 0. The van der Waals surface area contributed by atoms with Crippen LogP contribution in [0.4, 0.5) is 17.1 Å². The molecular weight excluding hydrogens is 751 g/mol. The maximum Gasteiger partial charge on any atom is 0.143 e. The van der Waals surface area contributed by atoms with E-state index in [0.29, 0.717) is 0 Å². The van der Waals surface area contributed by atoms with Gasteiger partial charge in [-0.2, -0.15) is 0 Å². The van der Waals surface area contributed by atoms with E-state index in [1.807, 2.05) is 6.07 Å². The lowest BCUT2D eigenvalue weighted by Gasteiger charge is -2.28. The number of hydrogen-bond donors (Lipinski definition) is 0. The Kier molecular flexibility index (Phi) is 8.53. The highest BCUT2D eigenvalue weighted by Gasteiger charge is 2.19. The van der Waals surface area contributed by atoms with E-state index in [4.69, 9.17) is 4.42 Å². The van der Waals surface area contributed by atoms with Crippen LogP contribution in [0.3, 0.4) is 0 Å². The Balaban J connectivity index is 0.961. The quantitative estimate of drug-likeness (QED) is 0.150. The molecule has 2 heteroatoms. The smallest absolute Gasteiger partial charge is 0.143 e. The molecule has 0 saturated carbocycles. The lowest BCUT2D eigenvalue weighted by atomic mass is 9.95. The molecule has 12 rings (SSSR count). The second-order valence-electron chi connectivity index (χ2n) is 16.1. The molecule has 12 aromatic rings. The predicted molar refractivity (Wildman–Crippen MR) is 263 cm³/mol. The first-order valence-corrected chi connectivity index (χ1v) is 21.2. The molecule has 0 saturated heterocycles. The summed E-state index contributed by atoms with van der Waals surface area (Å²) in [6, 6.07) is 85.4. The molecule has 0 atom stereocenters. The Morgan fingerprint density at radius 3 is 1.48 bits per heavy atom. The van der Waals surface area contributed by atoms with Crippen molar-refractivity contribution in [2.24, 2.45) is 0 Å². The Bertz CT molecular complexity index is 3610. The van der Waals surface area contributed by atoms with E-state index in [-0.39, 0.29) is 0 Å². The van der Waals surface area contributed by atoms with Gasteiger partial charge in [0.15, 0.2) is 0 Å². The standard InChI is InChI=1S/C60H39NO/c1-3-12-42(13-4-1)51-35-36-58(54-19-10-9-18-53(51)54)61(48-31-26-40(27-32-48)46-25-24-45-23-22-44-16-7-8-17-50(44)56(45)38-46)49-33-28-41(29-34-49)47-30-37-59-57(39-47)55-21-11-20-52(60(55)62-59)43-14-5-2-6-15-43/h1-39H. The molecular formula is C60H39NO. The summed E-state index contributed by atoms with van der Waals surface area (Å²) in [7, 11) is 0. The third-order valence-corrected chi connectivity index (χ3v) is 12.5. The van der Waals surface area contributed by atoms with Gasteiger partial charge in [-0.1, -0.05) is 188 Å². The minimum atomic E-state index is 0.890. The van der Waals surface area contributed by atoms with Crippen LogP contribution in [0, 0.1) is 0 Å². The highest BCUT2D eigenvalue weighted by molar-refractivity contribution is 6.11. The van der Waals surface area contributed by atoms with Crippen LogP contribution < -0.4 is 4.90 Å². The normalized spacial score (nSPS) is 11.5. The van der Waals surface area contributed by atoms with Gasteiger partial charge in [-0.05, 0) is 114 Å². The van der Waals surface area contributed by atoms with Crippen LogP contribution in [0.5, 0.6) is 0 Å². The average molecular weight is 790 g/mol. The Morgan fingerprint density at radius 1 is 0.274 bits per heavy atom. The van der Waals surface area contributed by atoms with Gasteiger partial charge in [-0.3, -0.25) is 0 Å². The number of furan rings is 1. The highest BCUT2D eigenvalue weighted by Crippen LogP contribution is 2.44. The van der Waals surface area contributed by atoms with Crippen molar-refractivity contribution in [3.8, 4) is 44.5 Å². The number of rotatable bonds is 7. The fraction of sp³-hybridized carbons (Fsp3) is 0. The zero-order chi connectivity index (χ0) is 41.0. The van der Waals surface area contributed by atoms with E-state index in [0.717, 1.165) is 61.3 Å². The molecule has 1 aromatic heterocycles. The number of hydrogen-bond acceptors (Lipinski definition) is 2. The maximum atomic E-state index is 6.51. The summed E-state index contributed by atoms with van der Waals surface area (Å²) in [5.41, 5.74) is 14.5. The fourth-order valence-electron chi connectivity index (χ4n) is 9.39. The van der Waals surface area contributed by atoms with Crippen molar-refractivity contribution in [1.82, 2.24) is 0 Å². The molecule has 0 unspecified atom stereocenters. The van der Waals surface area contributed by atoms with E-state index in [1.54, 1.807) is 0 Å². The highest BCUT2D eigenvalue weighted by atomic mass is 16.3. The molecule has 0 spiro atoms. The van der Waals surface area contributed by atoms with Gasteiger partial charge >= 0.3 is 0 Å². The van der Waals surface area contributed by atoms with E-state index >= 15 is 0 Å². The molecule has 0 bridgehead atoms. The van der Waals surface area contributed by atoms with Crippen LogP contribution in [0.15, 0.2) is 241 Å². The fourth-order valence-corrected chi connectivity index (χ4v) is 9.39. The molecule has 0 aliphatic rings. The molecule has 290 valence electrons. The summed E-state index contributed by atoms with van der Waals surface area (Å²) >= 11 is 0. The number of fused-ring (bicyclic) bond motifs is 7. The SMILES string of the molecule is c1ccc(-c2ccc(N(c3ccc(-c4ccc5ccc6ccccc6c5c4)cc3)c3ccc(-c4ccc5oc6c(-c7ccccc7)cccc6c5c4)cc3)c3ccccc23)cc1. The van der Waals surface area contributed by atoms with Gasteiger partial charge < -0.3 is 9.32 Å². The molecule has 0 N–H and O–H groups in total. The van der Waals surface area contributed by atoms with Crippen molar-refractivity contribution in [1.29, 1.82) is 0 Å². The Morgan fingerprint density at radius 2 is 0.790 bits per heavy atom. The van der Waals surface area contributed by atoms with E-state index in [9.17, 15) is 0 Å². The van der Waals surface area contributed by atoms with E-state index in [2.05, 4.69) is 235 Å². The summed E-state index contributed by atoms with van der Waals surface area (Å²) in [4.78, 5) is 2.40. The van der Waals surface area contributed by atoms with Gasteiger partial charge in [-0.25, -0.2) is 0 Å². The molecule has 0 amide bonds. The molecule has 1 heterocycles. The first-order chi connectivity index (χ1) is 30.7. The monoisotopic (exact) mass is 789 g/mol. The first-order valence-electron chi connectivity index (χ1n) is 21.2. The van der Waals surface area contributed by atoms with Crippen LogP contribution in [0.25, 0.3) is 98.8 Å². The van der Waals surface area contributed by atoms with Crippen LogP contribution in [0.2, 0.25) is 0 Å². The molecule has 0 aliphatic carbocycles. The molecule has 11 aromatic carbocycles. The van der Waals surface area contributed by atoms with Crippen LogP contribution in [0.1, 0.15) is 0 Å². The van der Waals surface area contributed by atoms with Crippen molar-refractivity contribution >= 4 is 71.3 Å². The molecule has 0 radical (unpaired) electrons. The first kappa shape index (κ1) is 35.7. The van der Waals surface area contributed by atoms with Crippen molar-refractivity contribution < 1.29 is 4.42 Å². The topological polar surface area (TPSA) is 16.4 Å². The molecule has 2 nitrogen and oxygen atoms in total. The van der Waals surface area contributed by atoms with Gasteiger partial charge in [0.1, 0.15) is 11.2 Å². The van der Waals surface area contributed by atoms with Gasteiger partial charge in [0.25, 0.3) is 0 Å². The zero-order valence-corrected chi connectivity index (χ0v) is 33.9. The second-order valence-corrected chi connectivity index (χ2v) is 16.1. The zero-order valence-electron chi connectivity index (χ0n) is 33.9. The minimum absolute atomic E-state index is 0.890. The van der Waals surface area contributed by atoms with Crippen LogP contribution in [-0.2, 0) is 0 Å². The number of benzene rings is 11. The third-order valence-electron chi connectivity index (χ3n) is 12.5. The Hall–Kier alpha value is -8.20. The van der Waals surface area contributed by atoms with Crippen molar-refractivity contribution in [2.45, 2.75) is 0 Å². The second kappa shape index (κ2) is 14.8. The molecule has 62 heavy (non-hydrogen) atoms. The van der Waals surface area contributed by atoms with Gasteiger partial charge in [0.2, 0.25) is 0 Å². The summed E-state index contributed by atoms with van der Waals surface area (Å²) < 4.78 is 6.51. The summed E-state index contributed by atoms with van der Waals surface area (Å²) in [6.07, 6.45) is 0. The van der Waals surface area contributed by atoms with Crippen LogP contribution in [-0.4, -0.2) is 0 Å².